The van der Waals surface area contributed by atoms with Gasteiger partial charge in [-0.25, -0.2) is 4.68 Å². The normalized spacial score (nSPS) is 10.6. The number of ether oxygens (including phenoxy) is 5. The number of aromatic hydroxyl groups is 1. The van der Waals surface area contributed by atoms with Crippen LogP contribution in [-0.2, 0) is 36.7 Å². The van der Waals surface area contributed by atoms with Crippen molar-refractivity contribution in [2.75, 3.05) is 59.5 Å². The highest BCUT2D eigenvalue weighted by Gasteiger charge is 2.02. The van der Waals surface area contributed by atoms with Gasteiger partial charge < -0.3 is 28.8 Å². The second-order valence-corrected chi connectivity index (χ2v) is 7.67. The third-order valence-corrected chi connectivity index (χ3v) is 4.70. The summed E-state index contributed by atoms with van der Waals surface area (Å²) in [6.45, 7) is 10.8. The minimum atomic E-state index is 0.128. The van der Waals surface area contributed by atoms with Gasteiger partial charge in [-0.1, -0.05) is 19.1 Å². The van der Waals surface area contributed by atoms with Crippen LogP contribution >= 0.6 is 0 Å². The maximum atomic E-state index is 10.8. The highest BCUT2D eigenvalue weighted by Crippen LogP contribution is 2.16. The fourth-order valence-corrected chi connectivity index (χ4v) is 2.84. The van der Waals surface area contributed by atoms with Crippen molar-refractivity contribution in [3.8, 4) is 11.5 Å². The fraction of sp³-hybridized carbons (Fsp3) is 0.654. The minimum absolute atomic E-state index is 0.128. The number of hydrogen-bond donors (Lipinski definition) is 1. The molecule has 10 nitrogen and oxygen atoms in total. The Bertz CT molecular complexity index is 784. The van der Waals surface area contributed by atoms with Gasteiger partial charge in [-0.05, 0) is 50.5 Å². The molecule has 0 aliphatic rings. The Labute approximate surface area is 214 Å². The maximum absolute atomic E-state index is 10.8. The highest BCUT2D eigenvalue weighted by atomic mass is 16.6. The number of rotatable bonds is 21. The van der Waals surface area contributed by atoms with Crippen molar-refractivity contribution >= 4 is 5.78 Å². The summed E-state index contributed by atoms with van der Waals surface area (Å²) in [5.41, 5.74) is 0.956. The Morgan fingerprint density at radius 1 is 0.833 bits per heavy atom. The average Bonchev–Trinajstić information content (AvgIpc) is 3.33. The Balaban J connectivity index is 0.00000316. The number of hydrogen-bond acceptors (Lipinski definition) is 9. The molecule has 0 radical (unpaired) electrons. The van der Waals surface area contributed by atoms with Gasteiger partial charge in [-0.15, -0.1) is 5.10 Å². The lowest BCUT2D eigenvalue weighted by Crippen LogP contribution is -2.13. The van der Waals surface area contributed by atoms with Crippen molar-refractivity contribution in [1.82, 2.24) is 15.0 Å². The number of aryl methyl sites for hydroxylation is 1. The third-order valence-electron chi connectivity index (χ3n) is 4.70. The second-order valence-electron chi connectivity index (χ2n) is 7.67. The predicted octanol–water partition coefficient (Wildman–Crippen LogP) is 3.46. The highest BCUT2D eigenvalue weighted by molar-refractivity contribution is 5.75. The molecule has 0 amide bonds. The van der Waals surface area contributed by atoms with Gasteiger partial charge in [0.05, 0.1) is 71.7 Å². The molecule has 0 unspecified atom stereocenters. The number of carbonyl (C=O) groups excluding carboxylic acids is 1. The number of Topliss-reactive ketones (excluding diaryl/α,β-unsaturated/α-hetero) is 1. The van der Waals surface area contributed by atoms with E-state index >= 15 is 0 Å². The molecule has 204 valence electrons. The molecule has 36 heavy (non-hydrogen) atoms. The third kappa shape index (κ3) is 17.0. The number of aromatic nitrogens is 3. The van der Waals surface area contributed by atoms with Crippen LogP contribution in [0.5, 0.6) is 11.5 Å². The topological polar surface area (TPSA) is 114 Å². The monoisotopic (exact) mass is 509 g/mol. The lowest BCUT2D eigenvalue weighted by Gasteiger charge is -2.07. The van der Waals surface area contributed by atoms with Crippen LogP contribution in [0, 0.1) is 0 Å². The van der Waals surface area contributed by atoms with Crippen LogP contribution in [0.4, 0.5) is 0 Å². The number of phenols is 1. The van der Waals surface area contributed by atoms with E-state index in [-0.39, 0.29) is 11.5 Å². The Morgan fingerprint density at radius 2 is 1.42 bits per heavy atom. The van der Waals surface area contributed by atoms with Gasteiger partial charge in [0.1, 0.15) is 17.3 Å². The molecule has 0 atom stereocenters. The molecule has 1 aromatic carbocycles. The molecule has 10 heteroatoms. The van der Waals surface area contributed by atoms with E-state index in [1.54, 1.807) is 35.9 Å². The van der Waals surface area contributed by atoms with E-state index in [1.165, 1.54) is 0 Å². The van der Waals surface area contributed by atoms with Gasteiger partial charge >= 0.3 is 0 Å². The van der Waals surface area contributed by atoms with Crippen LogP contribution in [0.2, 0.25) is 0 Å². The molecule has 1 aromatic heterocycles. The summed E-state index contributed by atoms with van der Waals surface area (Å²) < 4.78 is 29.1. The largest absolute Gasteiger partial charge is 0.508 e. The molecule has 0 saturated carbocycles. The Morgan fingerprint density at radius 3 is 2.03 bits per heavy atom. The summed E-state index contributed by atoms with van der Waals surface area (Å²) in [6, 6.07) is 6.73. The SMILES string of the molecule is CC.CC(=O)CCOCCOCCOCCOCCn1cc(CCCCOc2ccc(O)cc2)nn1. The fourth-order valence-electron chi connectivity index (χ4n) is 2.84. The van der Waals surface area contributed by atoms with E-state index in [0.717, 1.165) is 30.7 Å². The van der Waals surface area contributed by atoms with Gasteiger partial charge in [0, 0.05) is 12.6 Å². The van der Waals surface area contributed by atoms with E-state index in [0.29, 0.717) is 72.4 Å². The van der Waals surface area contributed by atoms with Crippen molar-refractivity contribution in [2.24, 2.45) is 0 Å². The summed E-state index contributed by atoms with van der Waals surface area (Å²) in [5, 5.41) is 17.6. The number of carbonyl (C=O) groups is 1. The number of ketones is 1. The van der Waals surface area contributed by atoms with Gasteiger partial charge in [0.25, 0.3) is 0 Å². The molecule has 0 fully saturated rings. The van der Waals surface area contributed by atoms with Gasteiger partial charge in [-0.2, -0.15) is 0 Å². The molecular formula is C26H43N3O7. The van der Waals surface area contributed by atoms with Crippen LogP contribution in [0.15, 0.2) is 30.5 Å². The predicted molar refractivity (Wildman–Crippen MR) is 136 cm³/mol. The zero-order valence-corrected chi connectivity index (χ0v) is 22.0. The molecule has 0 saturated heterocycles. The molecule has 0 spiro atoms. The average molecular weight is 510 g/mol. The van der Waals surface area contributed by atoms with Gasteiger partial charge in [0.2, 0.25) is 0 Å². The first-order chi connectivity index (χ1) is 17.6. The van der Waals surface area contributed by atoms with Crippen LogP contribution in [0.3, 0.4) is 0 Å². The zero-order valence-electron chi connectivity index (χ0n) is 22.0. The molecule has 2 aromatic rings. The first-order valence-corrected chi connectivity index (χ1v) is 12.7. The van der Waals surface area contributed by atoms with Crippen molar-refractivity contribution in [3.05, 3.63) is 36.2 Å². The molecule has 2 rings (SSSR count). The molecular weight excluding hydrogens is 466 g/mol. The standard InChI is InChI=1S/C24H37N3O7.C2H6/c1-21(28)9-12-30-14-16-32-18-19-33-17-15-31-13-10-27-20-22(25-26-27)4-2-3-11-34-24-7-5-23(29)6-8-24;1-2/h5-8,20,29H,2-4,9-19H2,1H3;1-2H3. The number of nitrogens with zero attached hydrogens (tertiary/aromatic N) is 3. The molecule has 1 heterocycles. The quantitative estimate of drug-likeness (QED) is 0.253. The molecule has 1 N–H and O–H groups in total. The van der Waals surface area contributed by atoms with Crippen LogP contribution in [-0.4, -0.2) is 85.3 Å². The van der Waals surface area contributed by atoms with Crippen molar-refractivity contribution in [1.29, 1.82) is 0 Å². The minimum Gasteiger partial charge on any atom is -0.508 e. The van der Waals surface area contributed by atoms with Crippen molar-refractivity contribution < 1.29 is 33.6 Å². The van der Waals surface area contributed by atoms with E-state index in [1.807, 2.05) is 20.0 Å². The Hall–Kier alpha value is -2.53. The van der Waals surface area contributed by atoms with Crippen molar-refractivity contribution in [2.45, 2.75) is 53.0 Å². The lowest BCUT2D eigenvalue weighted by molar-refractivity contribution is -0.118. The number of phenolic OH excluding ortho intramolecular Hbond substituents is 1. The second kappa shape index (κ2) is 21.7. The van der Waals surface area contributed by atoms with E-state index in [9.17, 15) is 9.90 Å². The van der Waals surface area contributed by atoms with E-state index < -0.39 is 0 Å². The summed E-state index contributed by atoms with van der Waals surface area (Å²) in [7, 11) is 0. The summed E-state index contributed by atoms with van der Waals surface area (Å²) in [5.74, 6) is 1.12. The smallest absolute Gasteiger partial charge is 0.132 e. The summed E-state index contributed by atoms with van der Waals surface area (Å²) in [4.78, 5) is 10.8. The summed E-state index contributed by atoms with van der Waals surface area (Å²) in [6.07, 6.45) is 5.11. The first-order valence-electron chi connectivity index (χ1n) is 12.7. The molecule has 0 aliphatic heterocycles. The van der Waals surface area contributed by atoms with Gasteiger partial charge in [0.15, 0.2) is 0 Å². The van der Waals surface area contributed by atoms with E-state index in [4.69, 9.17) is 23.7 Å². The van der Waals surface area contributed by atoms with E-state index in [2.05, 4.69) is 10.3 Å². The van der Waals surface area contributed by atoms with Crippen molar-refractivity contribution in [3.63, 3.8) is 0 Å². The summed E-state index contributed by atoms with van der Waals surface area (Å²) >= 11 is 0. The van der Waals surface area contributed by atoms with Crippen LogP contribution in [0.1, 0.15) is 45.7 Å². The van der Waals surface area contributed by atoms with Crippen LogP contribution < -0.4 is 4.74 Å². The molecule has 0 bridgehead atoms. The molecule has 0 aliphatic carbocycles. The number of benzene rings is 1. The number of unbranched alkanes of at least 4 members (excludes halogenated alkanes) is 1. The Kier molecular flexibility index (Phi) is 19.0. The zero-order chi connectivity index (χ0) is 26.3. The van der Waals surface area contributed by atoms with Gasteiger partial charge in [-0.3, -0.25) is 4.79 Å². The lowest BCUT2D eigenvalue weighted by atomic mass is 10.2. The maximum Gasteiger partial charge on any atom is 0.132 e. The van der Waals surface area contributed by atoms with Crippen LogP contribution in [0.25, 0.3) is 0 Å². The first kappa shape index (κ1) is 31.5.